The maximum Gasteiger partial charge on any atom is 0.261 e. The first kappa shape index (κ1) is 28.1. The second-order valence-electron chi connectivity index (χ2n) is 13.6. The maximum absolute atomic E-state index is 15.3. The Bertz CT molecular complexity index is 2580. The third kappa shape index (κ3) is 3.43. The van der Waals surface area contributed by atoms with Crippen LogP contribution in [0.4, 0.5) is 17.1 Å². The Morgan fingerprint density at radius 1 is 0.837 bits per heavy atom. The number of pyridine rings is 2. The summed E-state index contributed by atoms with van der Waals surface area (Å²) < 4.78 is 1.95. The van der Waals surface area contributed by atoms with Gasteiger partial charge in [-0.3, -0.25) is 19.3 Å². The van der Waals surface area contributed by atoms with Gasteiger partial charge in [0.1, 0.15) is 25.5 Å². The van der Waals surface area contributed by atoms with E-state index in [0.717, 1.165) is 38.5 Å². The molecule has 0 saturated carbocycles. The molecule has 0 bridgehead atoms. The highest BCUT2D eigenvalue weighted by Gasteiger charge is 2.55. The van der Waals surface area contributed by atoms with E-state index in [1.807, 2.05) is 86.2 Å². The van der Waals surface area contributed by atoms with Crippen LogP contribution in [-0.2, 0) is 4.79 Å². The number of carbonyl (C=O) groups excluding carboxylic acids is 3. The van der Waals surface area contributed by atoms with Gasteiger partial charge in [-0.25, -0.2) is 19.5 Å². The highest BCUT2D eigenvalue weighted by Crippen LogP contribution is 2.54. The Labute approximate surface area is 280 Å². The van der Waals surface area contributed by atoms with Crippen molar-refractivity contribution in [2.45, 2.75) is 18.9 Å². The van der Waals surface area contributed by atoms with E-state index in [1.165, 1.54) is 0 Å². The van der Waals surface area contributed by atoms with Gasteiger partial charge in [-0.15, -0.1) is 0 Å². The molecule has 0 radical (unpaired) electrons. The van der Waals surface area contributed by atoms with Crippen LogP contribution in [0.2, 0.25) is 0 Å². The van der Waals surface area contributed by atoms with E-state index in [1.54, 1.807) is 4.90 Å². The lowest BCUT2D eigenvalue weighted by molar-refractivity contribution is -0.466. The number of aliphatic imine (C=N–C) groups is 1. The topological polar surface area (TPSA) is 123 Å². The standard InChI is InChI=1S/C38H30N8O3/c1-44(2)34-25-21(47)13-15-39-29(25)31-27-23(17-9-5-7-11-19(17)41-31)37(43-33(27)34)46-36-28-24(38(46)49)18-10-6-8-12-20(18)42-32(28)30-26(35(36)45(3)4)22(48)14-16-40-30/h5-12,36H,13-16H2,1-4H3,(H,39,41,43,47)/p+1. The molecule has 2 aromatic heterocycles. The zero-order valence-corrected chi connectivity index (χ0v) is 27.4. The molecule has 0 saturated heterocycles. The van der Waals surface area contributed by atoms with Gasteiger partial charge in [0, 0.05) is 67.3 Å². The van der Waals surface area contributed by atoms with Gasteiger partial charge in [0.2, 0.25) is 5.71 Å². The van der Waals surface area contributed by atoms with Gasteiger partial charge in [0.05, 0.1) is 56.1 Å². The Balaban J connectivity index is 1.35. The van der Waals surface area contributed by atoms with Crippen LogP contribution in [0.15, 0.2) is 59.1 Å². The molecule has 3 aromatic carbocycles. The van der Waals surface area contributed by atoms with E-state index in [2.05, 4.69) is 10.6 Å². The van der Waals surface area contributed by atoms with Crippen molar-refractivity contribution in [3.05, 3.63) is 82.1 Å². The number of Topliss-reactive ketones (excluding diaryl/α,β-unsaturated/α-hetero) is 2. The highest BCUT2D eigenvalue weighted by molar-refractivity contribution is 6.38. The first-order valence-corrected chi connectivity index (χ1v) is 16.5. The molecule has 0 fully saturated rings. The van der Waals surface area contributed by atoms with Crippen LogP contribution in [0.3, 0.4) is 0 Å². The molecular weight excluding hydrogens is 616 g/mol. The number of carbonyl (C=O) groups is 3. The van der Waals surface area contributed by atoms with E-state index < -0.39 is 6.04 Å². The normalized spacial score (nSPS) is 18.9. The number of fused-ring (bicyclic) bond motifs is 7. The Morgan fingerprint density at radius 2 is 1.51 bits per heavy atom. The van der Waals surface area contributed by atoms with Gasteiger partial charge in [0.15, 0.2) is 17.6 Å². The molecule has 6 heterocycles. The molecule has 11 nitrogen and oxygen atoms in total. The number of amidine groups is 1. The Hall–Kier alpha value is -5.97. The molecule has 1 amide bonds. The number of para-hydroxylation sites is 2. The summed E-state index contributed by atoms with van der Waals surface area (Å²) in [6.07, 6.45) is 0.703. The van der Waals surface area contributed by atoms with E-state index in [9.17, 15) is 9.59 Å². The average molecular weight is 648 g/mol. The predicted molar refractivity (Wildman–Crippen MR) is 190 cm³/mol. The van der Waals surface area contributed by atoms with Crippen LogP contribution in [-0.4, -0.2) is 89.7 Å². The number of hydrogen-bond donors (Lipinski definition) is 2. The summed E-state index contributed by atoms with van der Waals surface area (Å²) in [4.78, 5) is 62.1. The van der Waals surface area contributed by atoms with Crippen molar-refractivity contribution >= 4 is 84.5 Å². The first-order chi connectivity index (χ1) is 23.8. The molecule has 0 spiro atoms. The lowest BCUT2D eigenvalue weighted by Gasteiger charge is -2.32. The van der Waals surface area contributed by atoms with Gasteiger partial charge in [-0.1, -0.05) is 36.4 Å². The minimum atomic E-state index is -0.667. The van der Waals surface area contributed by atoms with E-state index in [-0.39, 0.29) is 17.5 Å². The number of benzene rings is 3. The lowest BCUT2D eigenvalue weighted by Crippen LogP contribution is -2.45. The van der Waals surface area contributed by atoms with Crippen LogP contribution < -0.4 is 15.5 Å². The number of hydrogen-bond acceptors (Lipinski definition) is 9. The summed E-state index contributed by atoms with van der Waals surface area (Å²) in [7, 11) is 7.67. The summed E-state index contributed by atoms with van der Waals surface area (Å²) in [6.45, 7) is 1.01. The largest absolute Gasteiger partial charge is 0.382 e. The minimum Gasteiger partial charge on any atom is -0.382 e. The van der Waals surface area contributed by atoms with Crippen molar-refractivity contribution in [2.75, 3.05) is 51.5 Å². The summed E-state index contributed by atoms with van der Waals surface area (Å²) >= 11 is 0. The summed E-state index contributed by atoms with van der Waals surface area (Å²) in [5.41, 5.74) is 9.35. The van der Waals surface area contributed by atoms with Crippen molar-refractivity contribution in [1.82, 2.24) is 20.2 Å². The molecule has 1 atom stereocenters. The number of amides is 1. The van der Waals surface area contributed by atoms with Gasteiger partial charge < -0.3 is 15.5 Å². The lowest BCUT2D eigenvalue weighted by atomic mass is 9.81. The molecule has 4 aliphatic heterocycles. The number of anilines is 2. The molecule has 240 valence electrons. The second kappa shape index (κ2) is 9.56. The van der Waals surface area contributed by atoms with Crippen LogP contribution in [0.25, 0.3) is 38.4 Å². The van der Waals surface area contributed by atoms with Crippen molar-refractivity contribution in [3.63, 3.8) is 0 Å². The second-order valence-corrected chi connectivity index (χ2v) is 13.6. The molecule has 11 heteroatoms. The van der Waals surface area contributed by atoms with Gasteiger partial charge >= 0.3 is 0 Å². The van der Waals surface area contributed by atoms with Crippen LogP contribution >= 0.6 is 0 Å². The number of nitrogens with one attached hydrogen (secondary N) is 2. The number of nitrogens with zero attached hydrogens (tertiary/aromatic N) is 6. The molecule has 2 N–H and O–H groups in total. The molecule has 1 unspecified atom stereocenters. The van der Waals surface area contributed by atoms with Gasteiger partial charge in [-0.05, 0) is 12.1 Å². The van der Waals surface area contributed by atoms with Crippen LogP contribution in [0.5, 0.6) is 0 Å². The Morgan fingerprint density at radius 3 is 2.24 bits per heavy atom. The van der Waals surface area contributed by atoms with Crippen molar-refractivity contribution in [3.8, 4) is 0 Å². The molecule has 5 aliphatic rings. The summed E-state index contributed by atoms with van der Waals surface area (Å²) in [5, 5.41) is 9.36. The average Bonchev–Trinajstić information content (AvgIpc) is 3.62. The fourth-order valence-corrected chi connectivity index (χ4v) is 8.57. The smallest absolute Gasteiger partial charge is 0.261 e. The minimum absolute atomic E-state index is 0.0134. The number of aromatic nitrogens is 2. The molecular formula is C38H31N8O3+. The SMILES string of the molecule is CN(C)c1c2c(c3nc4ccccc4c4c3c1N=C4N1C(=O)c3c4c(nc5ccccc35)C3=C(C(=O)CCN3)C(=[N+](C)C)C41)NCCC2=O. The summed E-state index contributed by atoms with van der Waals surface area (Å²) in [6, 6.07) is 14.9. The molecule has 5 aromatic rings. The fraction of sp³-hybridized carbons (Fsp3) is 0.237. The zero-order valence-electron chi connectivity index (χ0n) is 27.4. The first-order valence-electron chi connectivity index (χ1n) is 16.5. The summed E-state index contributed by atoms with van der Waals surface area (Å²) in [5.74, 6) is 0.301. The number of rotatable bonds is 1. The van der Waals surface area contributed by atoms with Crippen LogP contribution in [0.1, 0.15) is 56.4 Å². The third-order valence-electron chi connectivity index (χ3n) is 10.4. The fourth-order valence-electron chi connectivity index (χ4n) is 8.57. The maximum atomic E-state index is 15.3. The highest BCUT2D eigenvalue weighted by atomic mass is 16.2. The van der Waals surface area contributed by atoms with Crippen molar-refractivity contribution < 1.29 is 19.0 Å². The van der Waals surface area contributed by atoms with Crippen molar-refractivity contribution in [1.29, 1.82) is 0 Å². The van der Waals surface area contributed by atoms with E-state index >= 15 is 4.79 Å². The van der Waals surface area contributed by atoms with E-state index in [0.29, 0.717) is 88.0 Å². The van der Waals surface area contributed by atoms with E-state index in [4.69, 9.17) is 15.0 Å². The quantitative estimate of drug-likeness (QED) is 0.200. The molecule has 1 aliphatic carbocycles. The van der Waals surface area contributed by atoms with Gasteiger partial charge in [-0.2, -0.15) is 0 Å². The monoisotopic (exact) mass is 647 g/mol. The van der Waals surface area contributed by atoms with Crippen molar-refractivity contribution in [2.24, 2.45) is 4.99 Å². The third-order valence-corrected chi connectivity index (χ3v) is 10.4. The molecule has 49 heavy (non-hydrogen) atoms. The number of ketones is 2. The molecule has 10 rings (SSSR count). The predicted octanol–water partition coefficient (Wildman–Crippen LogP) is 4.59. The zero-order chi connectivity index (χ0) is 33.5. The Kier molecular flexibility index (Phi) is 5.48. The van der Waals surface area contributed by atoms with Crippen LogP contribution in [0, 0.1) is 0 Å². The van der Waals surface area contributed by atoms with Gasteiger partial charge in [0.25, 0.3) is 5.91 Å².